The van der Waals surface area contributed by atoms with Gasteiger partial charge in [0.15, 0.2) is 0 Å². The second kappa shape index (κ2) is 6.72. The number of nitrogens with one attached hydrogen (secondary N) is 2. The monoisotopic (exact) mass is 332 g/mol. The minimum atomic E-state index is -0.0514. The molecule has 3 rings (SSSR count). The van der Waals surface area contributed by atoms with Crippen molar-refractivity contribution in [1.82, 2.24) is 20.4 Å². The molecule has 0 saturated carbocycles. The molecule has 122 valence electrons. The summed E-state index contributed by atoms with van der Waals surface area (Å²) in [5, 5.41) is 11.6. The van der Waals surface area contributed by atoms with Crippen LogP contribution < -0.4 is 10.6 Å². The maximum atomic E-state index is 11.8. The number of nitrogens with zero attached hydrogens (tertiary/aromatic N) is 2. The molecule has 0 spiro atoms. The van der Waals surface area contributed by atoms with Crippen molar-refractivity contribution in [1.29, 1.82) is 0 Å². The largest absolute Gasteiger partial charge is 0.348 e. The quantitative estimate of drug-likeness (QED) is 0.904. The van der Waals surface area contributed by atoms with Crippen LogP contribution in [0.25, 0.3) is 0 Å². The predicted octanol–water partition coefficient (Wildman–Crippen LogP) is 2.49. The Labute approximate surface area is 141 Å². The average Bonchev–Trinajstić information content (AvgIpc) is 2.96. The predicted molar refractivity (Wildman–Crippen MR) is 90.1 cm³/mol. The molecule has 0 unspecified atom stereocenters. The zero-order chi connectivity index (χ0) is 16.4. The molecule has 0 radical (unpaired) electrons. The molecular weight excluding hydrogens is 312 g/mol. The van der Waals surface area contributed by atoms with Gasteiger partial charge in [-0.2, -0.15) is 5.10 Å². The fourth-order valence-electron chi connectivity index (χ4n) is 3.02. The molecule has 0 bridgehead atoms. The van der Waals surface area contributed by atoms with Gasteiger partial charge in [-0.05, 0) is 30.5 Å². The van der Waals surface area contributed by atoms with Crippen molar-refractivity contribution in [3.8, 4) is 0 Å². The van der Waals surface area contributed by atoms with Gasteiger partial charge in [-0.3, -0.25) is 9.48 Å². The summed E-state index contributed by atoms with van der Waals surface area (Å²) in [6, 6.07) is 6.07. The fraction of sp³-hybridized carbons (Fsp3) is 0.412. The lowest BCUT2D eigenvalue weighted by atomic mass is 9.93. The summed E-state index contributed by atoms with van der Waals surface area (Å²) in [6.45, 7) is 2.75. The van der Waals surface area contributed by atoms with Crippen molar-refractivity contribution in [2.24, 2.45) is 7.05 Å². The van der Waals surface area contributed by atoms with Gasteiger partial charge in [0.25, 0.3) is 0 Å². The van der Waals surface area contributed by atoms with Crippen molar-refractivity contribution < 1.29 is 4.79 Å². The molecule has 0 aliphatic carbocycles. The third kappa shape index (κ3) is 3.57. The van der Waals surface area contributed by atoms with E-state index in [0.29, 0.717) is 6.42 Å². The summed E-state index contributed by atoms with van der Waals surface area (Å²) < 4.78 is 1.76. The van der Waals surface area contributed by atoms with Crippen molar-refractivity contribution in [3.63, 3.8) is 0 Å². The first-order valence-electron chi connectivity index (χ1n) is 7.80. The highest BCUT2D eigenvalue weighted by molar-refractivity contribution is 6.31. The lowest BCUT2D eigenvalue weighted by Gasteiger charge is -2.32. The molecular formula is C17H21ClN4O. The molecule has 1 amide bonds. The molecule has 23 heavy (non-hydrogen) atoms. The maximum Gasteiger partial charge on any atom is 0.220 e. The van der Waals surface area contributed by atoms with E-state index in [1.54, 1.807) is 4.68 Å². The van der Waals surface area contributed by atoms with Gasteiger partial charge in [0, 0.05) is 42.8 Å². The van der Waals surface area contributed by atoms with E-state index in [0.717, 1.165) is 29.1 Å². The molecule has 2 atom stereocenters. The molecule has 1 aliphatic heterocycles. The number of hydrogen-bond donors (Lipinski definition) is 2. The molecule has 5 nitrogen and oxygen atoms in total. The third-order valence-electron chi connectivity index (χ3n) is 4.42. The minimum Gasteiger partial charge on any atom is -0.348 e. The molecule has 1 aliphatic rings. The van der Waals surface area contributed by atoms with Crippen LogP contribution >= 0.6 is 11.6 Å². The molecule has 1 saturated heterocycles. The molecule has 2 N–H and O–H groups in total. The molecule has 2 heterocycles. The van der Waals surface area contributed by atoms with Crippen LogP contribution in [0.2, 0.25) is 5.02 Å². The van der Waals surface area contributed by atoms with Crippen LogP contribution in [0, 0.1) is 6.92 Å². The van der Waals surface area contributed by atoms with Crippen LogP contribution in [0.5, 0.6) is 0 Å². The van der Waals surface area contributed by atoms with Crippen LogP contribution in [0.1, 0.15) is 35.6 Å². The second-order valence-corrected chi connectivity index (χ2v) is 6.45. The summed E-state index contributed by atoms with van der Waals surface area (Å²) in [6.07, 6.45) is 5.12. The van der Waals surface area contributed by atoms with Crippen LogP contribution in [0.3, 0.4) is 0 Å². The molecule has 2 aromatic rings. The summed E-state index contributed by atoms with van der Waals surface area (Å²) in [5.74, 6) is 0.0934. The van der Waals surface area contributed by atoms with Crippen molar-refractivity contribution >= 4 is 17.5 Å². The Morgan fingerprint density at radius 1 is 1.48 bits per heavy atom. The van der Waals surface area contributed by atoms with Crippen molar-refractivity contribution in [2.45, 2.75) is 38.4 Å². The highest BCUT2D eigenvalue weighted by Gasteiger charge is 2.30. The Morgan fingerprint density at radius 2 is 2.30 bits per heavy atom. The molecule has 6 heteroatoms. The minimum absolute atomic E-state index is 0.0514. The van der Waals surface area contributed by atoms with Crippen LogP contribution in [-0.2, 0) is 18.4 Å². The van der Waals surface area contributed by atoms with Gasteiger partial charge in [-0.1, -0.05) is 23.7 Å². The first-order valence-corrected chi connectivity index (χ1v) is 8.17. The van der Waals surface area contributed by atoms with Gasteiger partial charge in [0.05, 0.1) is 12.2 Å². The number of benzene rings is 1. The Kier molecular flexibility index (Phi) is 4.68. The zero-order valence-electron chi connectivity index (χ0n) is 13.3. The molecule has 1 aromatic heterocycles. The van der Waals surface area contributed by atoms with Crippen LogP contribution in [0.4, 0.5) is 0 Å². The van der Waals surface area contributed by atoms with Crippen LogP contribution in [-0.4, -0.2) is 21.7 Å². The fourth-order valence-corrected chi connectivity index (χ4v) is 3.21. The SMILES string of the molecule is Cc1c(Cl)cccc1CN[C@@H]1CCC(=O)N[C@H]1c1cnn(C)c1. The van der Waals surface area contributed by atoms with Gasteiger partial charge in [-0.15, -0.1) is 0 Å². The number of hydrogen-bond acceptors (Lipinski definition) is 3. The van der Waals surface area contributed by atoms with Gasteiger partial charge in [0.2, 0.25) is 5.91 Å². The number of carbonyl (C=O) groups is 1. The smallest absolute Gasteiger partial charge is 0.220 e. The lowest BCUT2D eigenvalue weighted by molar-refractivity contribution is -0.123. The van der Waals surface area contributed by atoms with E-state index in [-0.39, 0.29) is 18.0 Å². The summed E-state index contributed by atoms with van der Waals surface area (Å²) >= 11 is 6.19. The number of aromatic nitrogens is 2. The average molecular weight is 333 g/mol. The maximum absolute atomic E-state index is 11.8. The lowest BCUT2D eigenvalue weighted by Crippen LogP contribution is -2.48. The second-order valence-electron chi connectivity index (χ2n) is 6.04. The number of halogens is 1. The molecule has 1 aromatic carbocycles. The normalized spacial score (nSPS) is 21.3. The first-order chi connectivity index (χ1) is 11.0. The standard InChI is InChI=1S/C17H21ClN4O/c1-11-12(4-3-5-14(11)18)8-19-15-6-7-16(23)21-17(15)13-9-20-22(2)10-13/h3-5,9-10,15,17,19H,6-8H2,1-2H3,(H,21,23)/t15-,17+/m1/s1. The van der Waals surface area contributed by atoms with Gasteiger partial charge in [-0.25, -0.2) is 0 Å². The van der Waals surface area contributed by atoms with E-state index in [1.807, 2.05) is 38.5 Å². The number of amides is 1. The number of aryl methyl sites for hydroxylation is 1. The summed E-state index contributed by atoms with van der Waals surface area (Å²) in [7, 11) is 1.88. The van der Waals surface area contributed by atoms with E-state index >= 15 is 0 Å². The van der Waals surface area contributed by atoms with Gasteiger partial charge < -0.3 is 10.6 Å². The zero-order valence-corrected chi connectivity index (χ0v) is 14.1. The van der Waals surface area contributed by atoms with E-state index in [9.17, 15) is 4.79 Å². The highest BCUT2D eigenvalue weighted by atomic mass is 35.5. The summed E-state index contributed by atoms with van der Waals surface area (Å²) in [5.41, 5.74) is 3.31. The third-order valence-corrected chi connectivity index (χ3v) is 4.83. The topological polar surface area (TPSA) is 59.0 Å². The van der Waals surface area contributed by atoms with Crippen molar-refractivity contribution in [2.75, 3.05) is 0 Å². The van der Waals surface area contributed by atoms with Crippen molar-refractivity contribution in [3.05, 3.63) is 52.3 Å². The Hall–Kier alpha value is -1.85. The highest BCUT2D eigenvalue weighted by Crippen LogP contribution is 2.25. The van der Waals surface area contributed by atoms with Crippen LogP contribution in [0.15, 0.2) is 30.6 Å². The number of carbonyl (C=O) groups excluding carboxylic acids is 1. The van der Waals surface area contributed by atoms with Gasteiger partial charge in [0.1, 0.15) is 0 Å². The number of piperidine rings is 1. The van der Waals surface area contributed by atoms with E-state index in [2.05, 4.69) is 21.8 Å². The molecule has 1 fully saturated rings. The Balaban J connectivity index is 1.74. The Morgan fingerprint density at radius 3 is 3.04 bits per heavy atom. The number of rotatable bonds is 4. The summed E-state index contributed by atoms with van der Waals surface area (Å²) in [4.78, 5) is 11.8. The van der Waals surface area contributed by atoms with Gasteiger partial charge >= 0.3 is 0 Å². The van der Waals surface area contributed by atoms with E-state index in [4.69, 9.17) is 11.6 Å². The Bertz CT molecular complexity index is 712. The van der Waals surface area contributed by atoms with E-state index < -0.39 is 0 Å². The first kappa shape index (κ1) is 16.0. The van der Waals surface area contributed by atoms with E-state index in [1.165, 1.54) is 5.56 Å².